The van der Waals surface area contributed by atoms with Gasteiger partial charge >= 0.3 is 0 Å². The third-order valence-corrected chi connectivity index (χ3v) is 1.93. The summed E-state index contributed by atoms with van der Waals surface area (Å²) in [7, 11) is 1.40. The van der Waals surface area contributed by atoms with Gasteiger partial charge < -0.3 is 0 Å². The van der Waals surface area contributed by atoms with Crippen molar-refractivity contribution >= 4 is 11.3 Å². The minimum Gasteiger partial charge on any atom is -0.287 e. The molecule has 11 heavy (non-hydrogen) atoms. The summed E-state index contributed by atoms with van der Waals surface area (Å²) in [6.07, 6.45) is 4.09. The van der Waals surface area contributed by atoms with Crippen LogP contribution in [0.4, 0.5) is 0 Å². The van der Waals surface area contributed by atoms with Gasteiger partial charge in [-0.2, -0.15) is 0 Å². The molecule has 0 aromatic carbocycles. The number of hydrogen-bond acceptors (Lipinski definition) is 2. The fraction of sp³-hybridized carbons (Fsp3) is 0.714. The van der Waals surface area contributed by atoms with Gasteiger partial charge in [0, 0.05) is 5.70 Å². The lowest BCUT2D eigenvalue weighted by Crippen LogP contribution is -2.15. The fourth-order valence-corrected chi connectivity index (χ4v) is 1.01. The smallest absolute Gasteiger partial charge is 0.261 e. The van der Waals surface area contributed by atoms with E-state index in [1.54, 1.807) is 0 Å². The Morgan fingerprint density at radius 1 is 1.73 bits per heavy atom. The van der Waals surface area contributed by atoms with E-state index in [0.717, 1.165) is 18.5 Å². The summed E-state index contributed by atoms with van der Waals surface area (Å²) in [6, 6.07) is 0. The van der Waals surface area contributed by atoms with E-state index in [1.807, 2.05) is 13.0 Å². The topological polar surface area (TPSA) is 38.3 Å². The summed E-state index contributed by atoms with van der Waals surface area (Å²) in [5, 5.41) is 0. The van der Waals surface area contributed by atoms with Crippen LogP contribution in [0, 0.1) is 0 Å². The van der Waals surface area contributed by atoms with E-state index in [1.165, 1.54) is 7.11 Å². The minimum absolute atomic E-state index is 0.895. The molecule has 0 heterocycles. The van der Waals surface area contributed by atoms with E-state index < -0.39 is 11.3 Å². The first kappa shape index (κ1) is 10.7. The molecule has 0 radical (unpaired) electrons. The molecule has 0 spiro atoms. The van der Waals surface area contributed by atoms with Crippen LogP contribution < -0.4 is 4.72 Å². The number of allylic oxidation sites excluding steroid dienone is 2. The van der Waals surface area contributed by atoms with E-state index in [0.29, 0.717) is 0 Å². The first-order chi connectivity index (χ1) is 5.20. The predicted molar refractivity (Wildman–Crippen MR) is 47.0 cm³/mol. The summed E-state index contributed by atoms with van der Waals surface area (Å²) in [5.74, 6) is 0. The maximum atomic E-state index is 10.7. The Morgan fingerprint density at radius 3 is 2.82 bits per heavy atom. The number of hydrogen-bond donors (Lipinski definition) is 1. The Hall–Kier alpha value is -0.350. The van der Waals surface area contributed by atoms with Crippen molar-refractivity contribution in [3.05, 3.63) is 11.8 Å². The Bertz CT molecular complexity index is 157. The van der Waals surface area contributed by atoms with Gasteiger partial charge in [-0.3, -0.25) is 8.91 Å². The highest BCUT2D eigenvalue weighted by atomic mass is 32.2. The van der Waals surface area contributed by atoms with Crippen LogP contribution in [0.1, 0.15) is 26.7 Å². The zero-order valence-electron chi connectivity index (χ0n) is 7.22. The van der Waals surface area contributed by atoms with Gasteiger partial charge in [-0.25, -0.2) is 4.21 Å². The minimum atomic E-state index is -1.38. The van der Waals surface area contributed by atoms with Crippen LogP contribution in [0.3, 0.4) is 0 Å². The van der Waals surface area contributed by atoms with Crippen LogP contribution in [0.2, 0.25) is 0 Å². The maximum absolute atomic E-state index is 10.7. The number of nitrogens with one attached hydrogen (secondary N) is 1. The molecule has 0 saturated carbocycles. The van der Waals surface area contributed by atoms with Gasteiger partial charge in [0.1, 0.15) is 0 Å². The van der Waals surface area contributed by atoms with Crippen LogP contribution in [-0.4, -0.2) is 11.3 Å². The van der Waals surface area contributed by atoms with Crippen LogP contribution in [0.15, 0.2) is 11.8 Å². The van der Waals surface area contributed by atoms with Crippen LogP contribution in [0.25, 0.3) is 0 Å². The maximum Gasteiger partial charge on any atom is 0.261 e. The molecule has 0 aliphatic rings. The second-order valence-corrected chi connectivity index (χ2v) is 3.19. The molecular weight excluding hydrogens is 162 g/mol. The van der Waals surface area contributed by atoms with E-state index in [9.17, 15) is 4.21 Å². The molecule has 0 amide bonds. The molecule has 0 saturated heterocycles. The van der Waals surface area contributed by atoms with E-state index in [4.69, 9.17) is 0 Å². The average Bonchev–Trinajstić information content (AvgIpc) is 2.00. The van der Waals surface area contributed by atoms with Crippen molar-refractivity contribution in [1.82, 2.24) is 4.72 Å². The molecule has 66 valence electrons. The lowest BCUT2D eigenvalue weighted by Gasteiger charge is -2.02. The van der Waals surface area contributed by atoms with Gasteiger partial charge in [-0.05, 0) is 13.3 Å². The molecule has 3 nitrogen and oxygen atoms in total. The van der Waals surface area contributed by atoms with Gasteiger partial charge in [0.25, 0.3) is 11.3 Å². The average molecular weight is 177 g/mol. The van der Waals surface area contributed by atoms with Gasteiger partial charge in [-0.1, -0.05) is 19.4 Å². The first-order valence-corrected chi connectivity index (χ1v) is 4.67. The molecule has 0 bridgehead atoms. The van der Waals surface area contributed by atoms with Gasteiger partial charge in [-0.15, -0.1) is 0 Å². The second-order valence-electron chi connectivity index (χ2n) is 2.18. The predicted octanol–water partition coefficient (Wildman–Crippen LogP) is 1.51. The van der Waals surface area contributed by atoms with Crippen LogP contribution in [-0.2, 0) is 15.4 Å². The molecule has 0 aliphatic heterocycles. The SMILES string of the molecule is CCC/C=C(\C)NS(=O)OC. The summed E-state index contributed by atoms with van der Waals surface area (Å²) in [5.41, 5.74) is 0.895. The second kappa shape index (κ2) is 6.37. The van der Waals surface area contributed by atoms with Crippen LogP contribution >= 0.6 is 0 Å². The van der Waals surface area contributed by atoms with Gasteiger partial charge in [0.15, 0.2) is 0 Å². The molecule has 4 heteroatoms. The normalized spacial score (nSPS) is 14.6. The molecular formula is C7H15NO2S. The molecule has 0 aromatic rings. The van der Waals surface area contributed by atoms with Crippen molar-refractivity contribution in [2.24, 2.45) is 0 Å². The largest absolute Gasteiger partial charge is 0.287 e. The highest BCUT2D eigenvalue weighted by molar-refractivity contribution is 7.78. The molecule has 0 aromatic heterocycles. The van der Waals surface area contributed by atoms with Crippen molar-refractivity contribution < 1.29 is 8.39 Å². The van der Waals surface area contributed by atoms with Crippen molar-refractivity contribution in [2.45, 2.75) is 26.7 Å². The van der Waals surface area contributed by atoms with Crippen molar-refractivity contribution in [1.29, 1.82) is 0 Å². The van der Waals surface area contributed by atoms with E-state index >= 15 is 0 Å². The Balaban J connectivity index is 3.66. The highest BCUT2D eigenvalue weighted by Crippen LogP contribution is 1.95. The van der Waals surface area contributed by atoms with Gasteiger partial charge in [0.2, 0.25) is 0 Å². The zero-order chi connectivity index (χ0) is 8.69. The summed E-state index contributed by atoms with van der Waals surface area (Å²) >= 11 is -1.38. The summed E-state index contributed by atoms with van der Waals surface area (Å²) in [6.45, 7) is 3.96. The molecule has 0 rings (SSSR count). The van der Waals surface area contributed by atoms with E-state index in [-0.39, 0.29) is 0 Å². The Kier molecular flexibility index (Phi) is 6.16. The summed E-state index contributed by atoms with van der Waals surface area (Å²) in [4.78, 5) is 0. The third-order valence-electron chi connectivity index (χ3n) is 1.13. The number of rotatable bonds is 5. The van der Waals surface area contributed by atoms with Crippen molar-refractivity contribution in [2.75, 3.05) is 7.11 Å². The number of unbranched alkanes of at least 4 members (excludes halogenated alkanes) is 1. The lowest BCUT2D eigenvalue weighted by molar-refractivity contribution is 0.440. The monoisotopic (exact) mass is 177 g/mol. The summed E-state index contributed by atoms with van der Waals surface area (Å²) < 4.78 is 17.9. The molecule has 0 aliphatic carbocycles. The Morgan fingerprint density at radius 2 is 2.36 bits per heavy atom. The standard InChI is InChI=1S/C7H15NO2S/c1-4-5-6-7(2)8-11(9)10-3/h6,8H,4-5H2,1-3H3/b7-6+. The molecule has 1 unspecified atom stereocenters. The molecule has 1 N–H and O–H groups in total. The third kappa shape index (κ3) is 6.06. The zero-order valence-corrected chi connectivity index (χ0v) is 8.03. The lowest BCUT2D eigenvalue weighted by atomic mass is 10.3. The quantitative estimate of drug-likeness (QED) is 0.691. The van der Waals surface area contributed by atoms with Crippen LogP contribution in [0.5, 0.6) is 0 Å². The Labute approximate surface area is 70.6 Å². The fourth-order valence-electron chi connectivity index (χ4n) is 0.576. The van der Waals surface area contributed by atoms with Gasteiger partial charge in [0.05, 0.1) is 7.11 Å². The first-order valence-electron chi connectivity index (χ1n) is 3.60. The van der Waals surface area contributed by atoms with Crippen molar-refractivity contribution in [3.8, 4) is 0 Å². The highest BCUT2D eigenvalue weighted by Gasteiger charge is 1.93. The molecule has 0 fully saturated rings. The van der Waals surface area contributed by atoms with E-state index in [2.05, 4.69) is 15.8 Å². The van der Waals surface area contributed by atoms with Crippen molar-refractivity contribution in [3.63, 3.8) is 0 Å². The molecule has 1 atom stereocenters.